The Kier molecular flexibility index (Phi) is 3.76. The van der Waals surface area contributed by atoms with Crippen LogP contribution in [-0.2, 0) is 0 Å². The summed E-state index contributed by atoms with van der Waals surface area (Å²) in [7, 11) is 0. The zero-order valence-electron chi connectivity index (χ0n) is 12.7. The second-order valence-electron chi connectivity index (χ2n) is 5.34. The first-order valence-electron chi connectivity index (χ1n) is 7.34. The van der Waals surface area contributed by atoms with Crippen molar-refractivity contribution in [3.05, 3.63) is 65.2 Å². The molecule has 0 aliphatic carbocycles. The molecule has 0 radical (unpaired) electrons. The third-order valence-corrected chi connectivity index (χ3v) is 3.78. The Hall–Kier alpha value is -2.13. The standard InChI is InChI=1S/C18H20N2O/c1-4-19-17(16-12(2)8-6-10-20-16)15-11-14-9-5-7-13(3)18(14)21-15/h5-11,17,19H,4H2,1-3H3. The van der Waals surface area contributed by atoms with Gasteiger partial charge >= 0.3 is 0 Å². The van der Waals surface area contributed by atoms with Gasteiger partial charge in [-0.1, -0.05) is 31.2 Å². The fourth-order valence-electron chi connectivity index (χ4n) is 2.71. The molecular formula is C18H20N2O. The molecule has 2 heterocycles. The summed E-state index contributed by atoms with van der Waals surface area (Å²) in [5, 5.41) is 4.62. The molecule has 3 aromatic rings. The average Bonchev–Trinajstić information content (AvgIpc) is 2.91. The molecule has 1 aromatic carbocycles. The van der Waals surface area contributed by atoms with Crippen LogP contribution in [0.25, 0.3) is 11.0 Å². The topological polar surface area (TPSA) is 38.1 Å². The first-order chi connectivity index (χ1) is 10.2. The minimum atomic E-state index is -0.0111. The van der Waals surface area contributed by atoms with E-state index in [0.717, 1.165) is 34.5 Å². The van der Waals surface area contributed by atoms with E-state index < -0.39 is 0 Å². The number of rotatable bonds is 4. The van der Waals surface area contributed by atoms with Crippen LogP contribution in [0.2, 0.25) is 0 Å². The summed E-state index contributed by atoms with van der Waals surface area (Å²) in [5.41, 5.74) is 4.31. The molecule has 2 aromatic heterocycles. The van der Waals surface area contributed by atoms with Crippen molar-refractivity contribution in [2.45, 2.75) is 26.8 Å². The van der Waals surface area contributed by atoms with Crippen molar-refractivity contribution < 1.29 is 4.42 Å². The van der Waals surface area contributed by atoms with Gasteiger partial charge in [0.2, 0.25) is 0 Å². The third kappa shape index (κ3) is 2.57. The number of hydrogen-bond acceptors (Lipinski definition) is 3. The van der Waals surface area contributed by atoms with Crippen LogP contribution >= 0.6 is 0 Å². The molecule has 1 atom stereocenters. The molecule has 3 rings (SSSR count). The number of aryl methyl sites for hydroxylation is 2. The molecule has 3 heteroatoms. The van der Waals surface area contributed by atoms with Crippen LogP contribution in [0.4, 0.5) is 0 Å². The number of pyridine rings is 1. The Morgan fingerprint density at radius 2 is 1.95 bits per heavy atom. The van der Waals surface area contributed by atoms with Gasteiger partial charge in [0, 0.05) is 11.6 Å². The molecule has 0 amide bonds. The molecular weight excluding hydrogens is 260 g/mol. The molecule has 1 unspecified atom stereocenters. The summed E-state index contributed by atoms with van der Waals surface area (Å²) in [6.07, 6.45) is 1.83. The van der Waals surface area contributed by atoms with Crippen molar-refractivity contribution in [2.24, 2.45) is 0 Å². The smallest absolute Gasteiger partial charge is 0.137 e. The predicted molar refractivity (Wildman–Crippen MR) is 85.4 cm³/mol. The number of nitrogens with zero attached hydrogens (tertiary/aromatic N) is 1. The van der Waals surface area contributed by atoms with Gasteiger partial charge < -0.3 is 9.73 Å². The molecule has 0 aliphatic rings. The lowest BCUT2D eigenvalue weighted by molar-refractivity contribution is 0.469. The fraction of sp³-hybridized carbons (Fsp3) is 0.278. The lowest BCUT2D eigenvalue weighted by Crippen LogP contribution is -2.23. The largest absolute Gasteiger partial charge is 0.459 e. The minimum absolute atomic E-state index is 0.0111. The van der Waals surface area contributed by atoms with E-state index in [0.29, 0.717) is 0 Å². The zero-order valence-corrected chi connectivity index (χ0v) is 12.7. The number of benzene rings is 1. The highest BCUT2D eigenvalue weighted by atomic mass is 16.3. The maximum absolute atomic E-state index is 6.12. The fourth-order valence-corrected chi connectivity index (χ4v) is 2.71. The highest BCUT2D eigenvalue weighted by molar-refractivity contribution is 5.81. The maximum atomic E-state index is 6.12. The maximum Gasteiger partial charge on any atom is 0.137 e. The lowest BCUT2D eigenvalue weighted by atomic mass is 10.1. The Bertz CT molecular complexity index is 761. The van der Waals surface area contributed by atoms with Gasteiger partial charge in [-0.3, -0.25) is 4.98 Å². The van der Waals surface area contributed by atoms with Crippen LogP contribution in [0.1, 0.15) is 35.5 Å². The van der Waals surface area contributed by atoms with Crippen LogP contribution in [0.5, 0.6) is 0 Å². The summed E-state index contributed by atoms with van der Waals surface area (Å²) in [4.78, 5) is 4.54. The Morgan fingerprint density at radius 3 is 2.67 bits per heavy atom. The first kappa shape index (κ1) is 13.8. The number of fused-ring (bicyclic) bond motifs is 1. The molecule has 108 valence electrons. The van der Waals surface area contributed by atoms with E-state index >= 15 is 0 Å². The van der Waals surface area contributed by atoms with Gasteiger partial charge in [0.15, 0.2) is 0 Å². The zero-order chi connectivity index (χ0) is 14.8. The highest BCUT2D eigenvalue weighted by Gasteiger charge is 2.20. The number of nitrogens with one attached hydrogen (secondary N) is 1. The van der Waals surface area contributed by atoms with Crippen molar-refractivity contribution in [1.29, 1.82) is 0 Å². The Balaban J connectivity index is 2.11. The first-order valence-corrected chi connectivity index (χ1v) is 7.34. The summed E-state index contributed by atoms with van der Waals surface area (Å²) in [6, 6.07) is 12.4. The van der Waals surface area contributed by atoms with E-state index in [2.05, 4.69) is 61.4 Å². The summed E-state index contributed by atoms with van der Waals surface area (Å²) in [6.45, 7) is 7.11. The van der Waals surface area contributed by atoms with Crippen molar-refractivity contribution >= 4 is 11.0 Å². The number of para-hydroxylation sites is 1. The van der Waals surface area contributed by atoms with Gasteiger partial charge in [0.25, 0.3) is 0 Å². The van der Waals surface area contributed by atoms with E-state index in [4.69, 9.17) is 4.42 Å². The summed E-state index contributed by atoms with van der Waals surface area (Å²) in [5.74, 6) is 0.919. The molecule has 1 N–H and O–H groups in total. The quantitative estimate of drug-likeness (QED) is 0.780. The monoisotopic (exact) mass is 280 g/mol. The molecule has 0 aliphatic heterocycles. The summed E-state index contributed by atoms with van der Waals surface area (Å²) >= 11 is 0. The van der Waals surface area contributed by atoms with Crippen LogP contribution in [-0.4, -0.2) is 11.5 Å². The molecule has 0 saturated carbocycles. The SMILES string of the molecule is CCNC(c1cc2cccc(C)c2o1)c1ncccc1C. The molecule has 3 nitrogen and oxygen atoms in total. The van der Waals surface area contributed by atoms with Gasteiger partial charge in [0.1, 0.15) is 17.4 Å². The van der Waals surface area contributed by atoms with E-state index in [-0.39, 0.29) is 6.04 Å². The lowest BCUT2D eigenvalue weighted by Gasteiger charge is -2.16. The van der Waals surface area contributed by atoms with Crippen molar-refractivity contribution in [3.8, 4) is 0 Å². The van der Waals surface area contributed by atoms with E-state index in [1.807, 2.05) is 12.3 Å². The van der Waals surface area contributed by atoms with Crippen LogP contribution in [0, 0.1) is 13.8 Å². The van der Waals surface area contributed by atoms with Gasteiger partial charge in [-0.2, -0.15) is 0 Å². The van der Waals surface area contributed by atoms with Gasteiger partial charge in [-0.05, 0) is 43.7 Å². The van der Waals surface area contributed by atoms with E-state index in [1.165, 1.54) is 5.56 Å². The van der Waals surface area contributed by atoms with Crippen molar-refractivity contribution in [3.63, 3.8) is 0 Å². The average molecular weight is 280 g/mol. The minimum Gasteiger partial charge on any atom is -0.459 e. The molecule has 0 bridgehead atoms. The van der Waals surface area contributed by atoms with E-state index in [9.17, 15) is 0 Å². The van der Waals surface area contributed by atoms with Crippen molar-refractivity contribution in [2.75, 3.05) is 6.54 Å². The number of aromatic nitrogens is 1. The molecule has 0 spiro atoms. The number of furan rings is 1. The van der Waals surface area contributed by atoms with Gasteiger partial charge in [0.05, 0.1) is 5.69 Å². The Morgan fingerprint density at radius 1 is 1.14 bits per heavy atom. The van der Waals surface area contributed by atoms with Gasteiger partial charge in [-0.25, -0.2) is 0 Å². The predicted octanol–water partition coefficient (Wildman–Crippen LogP) is 4.14. The van der Waals surface area contributed by atoms with Crippen LogP contribution in [0.3, 0.4) is 0 Å². The van der Waals surface area contributed by atoms with Gasteiger partial charge in [-0.15, -0.1) is 0 Å². The normalized spacial score (nSPS) is 12.7. The second-order valence-corrected chi connectivity index (χ2v) is 5.34. The van der Waals surface area contributed by atoms with Crippen LogP contribution < -0.4 is 5.32 Å². The Labute approximate surface area is 125 Å². The molecule has 0 saturated heterocycles. The van der Waals surface area contributed by atoms with Crippen LogP contribution in [0.15, 0.2) is 47.0 Å². The highest BCUT2D eigenvalue weighted by Crippen LogP contribution is 2.30. The second kappa shape index (κ2) is 5.70. The molecule has 21 heavy (non-hydrogen) atoms. The van der Waals surface area contributed by atoms with E-state index in [1.54, 1.807) is 0 Å². The third-order valence-electron chi connectivity index (χ3n) is 3.78. The molecule has 0 fully saturated rings. The summed E-state index contributed by atoms with van der Waals surface area (Å²) < 4.78 is 6.12. The number of hydrogen-bond donors (Lipinski definition) is 1. The van der Waals surface area contributed by atoms with Crippen molar-refractivity contribution in [1.82, 2.24) is 10.3 Å².